The minimum Gasteiger partial charge on any atom is -0.455 e. The molecule has 0 spiro atoms. The van der Waals surface area contributed by atoms with Crippen LogP contribution >= 0.6 is 11.3 Å². The summed E-state index contributed by atoms with van der Waals surface area (Å²) in [6.45, 7) is 10.8. The number of allylic oxidation sites excluding steroid dienone is 1. The summed E-state index contributed by atoms with van der Waals surface area (Å²) < 4.78 is 20.7. The summed E-state index contributed by atoms with van der Waals surface area (Å²) in [5, 5.41) is 24.5. The van der Waals surface area contributed by atoms with Crippen molar-refractivity contribution in [3.63, 3.8) is 0 Å². The lowest BCUT2D eigenvalue weighted by molar-refractivity contribution is -0.155. The lowest BCUT2D eigenvalue weighted by Crippen LogP contribution is -2.46. The molecule has 36 heavy (non-hydrogen) atoms. The smallest absolute Gasteiger partial charge is 0.309 e. The molecule has 202 valence electrons. The molecule has 0 saturated carbocycles. The fourth-order valence-corrected chi connectivity index (χ4v) is 5.18. The number of carbonyl (C=O) groups is 2. The first-order chi connectivity index (χ1) is 16.9. The van der Waals surface area contributed by atoms with E-state index in [4.69, 9.17) is 4.74 Å². The van der Waals surface area contributed by atoms with E-state index >= 15 is 4.39 Å². The monoisotopic (exact) mass is 523 g/mol. The first-order valence-corrected chi connectivity index (χ1v) is 13.8. The van der Waals surface area contributed by atoms with E-state index < -0.39 is 47.9 Å². The number of aryl methyl sites for hydroxylation is 1. The number of carbonyl (C=O) groups excluding carboxylic acids is 2. The number of thiazole rings is 1. The third-order valence-corrected chi connectivity index (χ3v) is 7.97. The molecule has 2 heterocycles. The van der Waals surface area contributed by atoms with Crippen molar-refractivity contribution in [1.29, 1.82) is 0 Å². The second-order valence-electron chi connectivity index (χ2n) is 10.6. The van der Waals surface area contributed by atoms with Crippen molar-refractivity contribution in [2.75, 3.05) is 0 Å². The standard InChI is InChI=1S/C28H42FNO5S/c1-7-9-21-26(33)18(3)11-8-10-17(2)12-13-23(22(29)14-20-16-36-19(4)30-20)35-25(32)15-24(31)28(5,6)27(21)34/h12,14,16,18,21,23-24,26,31,33H,7-11,13,15H2,1-6H3/b17-12-,22-14-/t18-,21+,23-,24-,26-/m0/s1. The quantitative estimate of drug-likeness (QED) is 0.374. The molecule has 6 nitrogen and oxygen atoms in total. The molecule has 2 rings (SSSR count). The second-order valence-corrected chi connectivity index (χ2v) is 11.7. The molecule has 0 fully saturated rings. The van der Waals surface area contributed by atoms with Gasteiger partial charge in [-0.05, 0) is 45.4 Å². The summed E-state index contributed by atoms with van der Waals surface area (Å²) in [4.78, 5) is 30.5. The number of esters is 1. The predicted molar refractivity (Wildman–Crippen MR) is 141 cm³/mol. The summed E-state index contributed by atoms with van der Waals surface area (Å²) in [7, 11) is 0. The fraction of sp³-hybridized carbons (Fsp3) is 0.679. The van der Waals surface area contributed by atoms with Gasteiger partial charge in [0.05, 0.1) is 34.7 Å². The molecule has 0 radical (unpaired) electrons. The Balaban J connectivity index is 2.36. The zero-order valence-corrected chi connectivity index (χ0v) is 23.2. The Morgan fingerprint density at radius 1 is 1.31 bits per heavy atom. The summed E-state index contributed by atoms with van der Waals surface area (Å²) in [5.41, 5.74) is 0.208. The van der Waals surface area contributed by atoms with Crippen LogP contribution in [0, 0.1) is 24.2 Å². The summed E-state index contributed by atoms with van der Waals surface area (Å²) >= 11 is 1.40. The molecule has 1 aliphatic heterocycles. The molecule has 0 unspecified atom stereocenters. The van der Waals surface area contributed by atoms with Gasteiger partial charge in [-0.15, -0.1) is 11.3 Å². The zero-order chi connectivity index (χ0) is 27.0. The first-order valence-electron chi connectivity index (χ1n) is 12.9. The lowest BCUT2D eigenvalue weighted by Gasteiger charge is -2.36. The largest absolute Gasteiger partial charge is 0.455 e. The van der Waals surface area contributed by atoms with E-state index in [1.807, 2.05) is 33.8 Å². The number of nitrogens with zero attached hydrogens (tertiary/aromatic N) is 1. The molecule has 1 aromatic heterocycles. The maximum absolute atomic E-state index is 15.2. The number of aliphatic hydroxyl groups excluding tert-OH is 2. The molecule has 0 aromatic carbocycles. The highest BCUT2D eigenvalue weighted by Gasteiger charge is 2.43. The molecular formula is C28H42FNO5S. The van der Waals surface area contributed by atoms with Gasteiger partial charge in [0.1, 0.15) is 11.6 Å². The van der Waals surface area contributed by atoms with Gasteiger partial charge >= 0.3 is 5.97 Å². The molecule has 0 bridgehead atoms. The average molecular weight is 524 g/mol. The van der Waals surface area contributed by atoms with Crippen molar-refractivity contribution >= 4 is 29.2 Å². The van der Waals surface area contributed by atoms with E-state index in [9.17, 15) is 19.8 Å². The molecule has 1 aliphatic rings. The van der Waals surface area contributed by atoms with E-state index in [-0.39, 0.29) is 18.1 Å². The third-order valence-electron chi connectivity index (χ3n) is 7.17. The Bertz CT molecular complexity index is 953. The molecule has 0 amide bonds. The highest BCUT2D eigenvalue weighted by Crippen LogP contribution is 2.34. The topological polar surface area (TPSA) is 96.7 Å². The van der Waals surface area contributed by atoms with Crippen molar-refractivity contribution in [1.82, 2.24) is 4.98 Å². The lowest BCUT2D eigenvalue weighted by atomic mass is 9.71. The van der Waals surface area contributed by atoms with Crippen LogP contribution in [0.25, 0.3) is 6.08 Å². The zero-order valence-electron chi connectivity index (χ0n) is 22.4. The fourth-order valence-electron chi connectivity index (χ4n) is 4.61. The Kier molecular flexibility index (Phi) is 11.4. The highest BCUT2D eigenvalue weighted by atomic mass is 32.1. The maximum atomic E-state index is 15.2. The number of Topliss-reactive ketones (excluding diaryl/α,β-unsaturated/α-hetero) is 1. The molecule has 8 heteroatoms. The van der Waals surface area contributed by atoms with Crippen LogP contribution in [-0.4, -0.2) is 45.3 Å². The van der Waals surface area contributed by atoms with E-state index in [2.05, 4.69) is 4.98 Å². The summed E-state index contributed by atoms with van der Waals surface area (Å²) in [5.74, 6) is -2.41. The Hall–Kier alpha value is -1.90. The van der Waals surface area contributed by atoms with Crippen LogP contribution < -0.4 is 0 Å². The Labute approximate surface area is 218 Å². The number of ketones is 1. The van der Waals surface area contributed by atoms with E-state index in [1.165, 1.54) is 17.4 Å². The van der Waals surface area contributed by atoms with Gasteiger partial charge in [-0.25, -0.2) is 9.37 Å². The van der Waals surface area contributed by atoms with Crippen LogP contribution in [0.4, 0.5) is 4.39 Å². The van der Waals surface area contributed by atoms with Gasteiger partial charge in [-0.1, -0.05) is 45.8 Å². The molecule has 0 aliphatic carbocycles. The average Bonchev–Trinajstić information content (AvgIpc) is 3.22. The number of aliphatic hydroxyl groups is 2. The van der Waals surface area contributed by atoms with Gasteiger partial charge in [-0.3, -0.25) is 9.59 Å². The van der Waals surface area contributed by atoms with Crippen molar-refractivity contribution < 1.29 is 28.9 Å². The van der Waals surface area contributed by atoms with Gasteiger partial charge in [0, 0.05) is 23.8 Å². The van der Waals surface area contributed by atoms with Crippen molar-refractivity contribution in [2.24, 2.45) is 17.3 Å². The van der Waals surface area contributed by atoms with Crippen LogP contribution in [-0.2, 0) is 14.3 Å². The number of aromatic nitrogens is 1. The normalized spacial score (nSPS) is 31.0. The van der Waals surface area contributed by atoms with E-state index in [1.54, 1.807) is 19.2 Å². The van der Waals surface area contributed by atoms with Gasteiger partial charge in [0.2, 0.25) is 0 Å². The molecular weight excluding hydrogens is 481 g/mol. The van der Waals surface area contributed by atoms with Gasteiger partial charge in [-0.2, -0.15) is 0 Å². The van der Waals surface area contributed by atoms with Crippen LogP contribution in [0.1, 0.15) is 90.3 Å². The van der Waals surface area contributed by atoms with Crippen molar-refractivity contribution in [2.45, 2.75) is 105 Å². The van der Waals surface area contributed by atoms with Crippen LogP contribution in [0.3, 0.4) is 0 Å². The maximum Gasteiger partial charge on any atom is 0.309 e. The Morgan fingerprint density at radius 2 is 2.00 bits per heavy atom. The minimum absolute atomic E-state index is 0.0983. The van der Waals surface area contributed by atoms with E-state index in [0.717, 1.165) is 29.8 Å². The highest BCUT2D eigenvalue weighted by molar-refractivity contribution is 7.09. The number of hydrogen-bond acceptors (Lipinski definition) is 7. The minimum atomic E-state index is -1.33. The van der Waals surface area contributed by atoms with Crippen LogP contribution in [0.2, 0.25) is 0 Å². The van der Waals surface area contributed by atoms with Crippen LogP contribution in [0.5, 0.6) is 0 Å². The molecule has 0 saturated heterocycles. The summed E-state index contributed by atoms with van der Waals surface area (Å²) in [6.07, 6.45) is 3.03. The SMILES string of the molecule is CCC[C@H]1C(=O)C(C)(C)[C@@H](O)CC(=O)O[C@H](/C(F)=C/c2csc(C)n2)C/C=C(/C)CCC[C@H](C)[C@@H]1O. The number of cyclic esters (lactones) is 1. The second kappa shape index (κ2) is 13.6. The first kappa shape index (κ1) is 30.3. The number of ether oxygens (including phenoxy) is 1. The molecule has 2 N–H and O–H groups in total. The molecule has 5 atom stereocenters. The van der Waals surface area contributed by atoms with Crippen LogP contribution in [0.15, 0.2) is 22.9 Å². The number of halogens is 1. The number of hydrogen-bond donors (Lipinski definition) is 2. The van der Waals surface area contributed by atoms with E-state index in [0.29, 0.717) is 18.5 Å². The molecule has 1 aromatic rings. The van der Waals surface area contributed by atoms with Crippen molar-refractivity contribution in [3.05, 3.63) is 33.6 Å². The number of rotatable bonds is 4. The third kappa shape index (κ3) is 8.32. The predicted octanol–water partition coefficient (Wildman–Crippen LogP) is 5.95. The van der Waals surface area contributed by atoms with Gasteiger partial charge in [0.15, 0.2) is 6.10 Å². The van der Waals surface area contributed by atoms with Crippen molar-refractivity contribution in [3.8, 4) is 0 Å². The van der Waals surface area contributed by atoms with Gasteiger partial charge in [0.25, 0.3) is 0 Å². The summed E-state index contributed by atoms with van der Waals surface area (Å²) in [6, 6.07) is 0. The van der Waals surface area contributed by atoms with Gasteiger partial charge < -0.3 is 14.9 Å². The Morgan fingerprint density at radius 3 is 2.61 bits per heavy atom.